The van der Waals surface area contributed by atoms with Gasteiger partial charge >= 0.3 is 0 Å². The fourth-order valence-electron chi connectivity index (χ4n) is 0.670. The highest BCUT2D eigenvalue weighted by atomic mass is 79.9. The molecule has 0 amide bonds. The molecule has 0 radical (unpaired) electrons. The number of hydrogen-bond acceptors (Lipinski definition) is 1. The molecule has 0 aliphatic rings. The van der Waals surface area contributed by atoms with Crippen molar-refractivity contribution in [2.75, 3.05) is 5.33 Å². The first-order valence-electron chi connectivity index (χ1n) is 3.22. The Kier molecular flexibility index (Phi) is 3.74. The number of halogens is 1. The Hall–Kier alpha value is 0.440. The molecule has 0 saturated heterocycles. The molecule has 0 saturated carbocycles. The van der Waals surface area contributed by atoms with Crippen LogP contribution in [0.1, 0.15) is 27.7 Å². The van der Waals surface area contributed by atoms with E-state index in [4.69, 9.17) is 4.74 Å². The molecule has 2 heteroatoms. The zero-order chi connectivity index (χ0) is 7.49. The molecule has 0 heterocycles. The molecule has 0 atom stereocenters. The van der Waals surface area contributed by atoms with Crippen LogP contribution in [0.2, 0.25) is 0 Å². The van der Waals surface area contributed by atoms with Crippen molar-refractivity contribution in [2.45, 2.75) is 39.4 Å². The summed E-state index contributed by atoms with van der Waals surface area (Å²) in [5.41, 5.74) is -0.0197. The number of alkyl halides is 1. The van der Waals surface area contributed by atoms with Crippen LogP contribution in [0.5, 0.6) is 0 Å². The van der Waals surface area contributed by atoms with E-state index in [9.17, 15) is 0 Å². The third-order valence-corrected chi connectivity index (χ3v) is 2.23. The van der Waals surface area contributed by atoms with Crippen LogP contribution >= 0.6 is 15.9 Å². The van der Waals surface area contributed by atoms with Gasteiger partial charge in [0.2, 0.25) is 0 Å². The predicted molar refractivity (Wildman–Crippen MR) is 44.1 cm³/mol. The van der Waals surface area contributed by atoms with Crippen LogP contribution in [0.4, 0.5) is 0 Å². The lowest BCUT2D eigenvalue weighted by atomic mass is 10.2. The first-order valence-corrected chi connectivity index (χ1v) is 4.34. The van der Waals surface area contributed by atoms with E-state index in [1.165, 1.54) is 0 Å². The Labute approximate surface area is 65.9 Å². The second kappa shape index (κ2) is 3.57. The fourth-order valence-corrected chi connectivity index (χ4v) is 0.802. The fraction of sp³-hybridized carbons (Fsp3) is 1.00. The first-order chi connectivity index (χ1) is 3.98. The van der Waals surface area contributed by atoms with E-state index in [-0.39, 0.29) is 5.60 Å². The summed E-state index contributed by atoms with van der Waals surface area (Å²) in [5, 5.41) is 0.887. The average Bonchev–Trinajstić information content (AvgIpc) is 1.63. The zero-order valence-corrected chi connectivity index (χ0v) is 8.16. The van der Waals surface area contributed by atoms with Gasteiger partial charge in [-0.25, -0.2) is 0 Å². The molecule has 0 bridgehead atoms. The highest BCUT2D eigenvalue weighted by molar-refractivity contribution is 9.09. The van der Waals surface area contributed by atoms with Crippen molar-refractivity contribution in [1.29, 1.82) is 0 Å². The van der Waals surface area contributed by atoms with Crippen molar-refractivity contribution in [3.63, 3.8) is 0 Å². The van der Waals surface area contributed by atoms with Gasteiger partial charge in [0.1, 0.15) is 0 Å². The first kappa shape index (κ1) is 9.44. The smallest absolute Gasteiger partial charge is 0.0726 e. The minimum Gasteiger partial charge on any atom is -0.372 e. The summed E-state index contributed by atoms with van der Waals surface area (Å²) >= 11 is 3.37. The molecule has 0 unspecified atom stereocenters. The van der Waals surface area contributed by atoms with E-state index in [0.29, 0.717) is 6.10 Å². The van der Waals surface area contributed by atoms with Gasteiger partial charge in [-0.05, 0) is 27.7 Å². The van der Waals surface area contributed by atoms with Gasteiger partial charge in [0, 0.05) is 5.33 Å². The Morgan fingerprint density at radius 3 is 2.00 bits per heavy atom. The quantitative estimate of drug-likeness (QED) is 0.629. The lowest BCUT2D eigenvalue weighted by Crippen LogP contribution is -2.29. The summed E-state index contributed by atoms with van der Waals surface area (Å²) in [7, 11) is 0. The van der Waals surface area contributed by atoms with Crippen molar-refractivity contribution in [2.24, 2.45) is 0 Å². The van der Waals surface area contributed by atoms with Crippen molar-refractivity contribution >= 4 is 15.9 Å². The molecule has 0 aliphatic carbocycles. The molecular weight excluding hydrogens is 180 g/mol. The largest absolute Gasteiger partial charge is 0.372 e. The van der Waals surface area contributed by atoms with Gasteiger partial charge < -0.3 is 4.74 Å². The molecule has 0 aliphatic heterocycles. The maximum Gasteiger partial charge on any atom is 0.0726 e. The summed E-state index contributed by atoms with van der Waals surface area (Å²) in [6.07, 6.45) is 0.317. The van der Waals surface area contributed by atoms with E-state index in [0.717, 1.165) is 5.33 Å². The summed E-state index contributed by atoms with van der Waals surface area (Å²) in [4.78, 5) is 0. The number of hydrogen-bond donors (Lipinski definition) is 0. The van der Waals surface area contributed by atoms with E-state index in [1.54, 1.807) is 0 Å². The Bertz CT molecular complexity index is 79.0. The van der Waals surface area contributed by atoms with Gasteiger partial charge in [-0.15, -0.1) is 0 Å². The predicted octanol–water partition coefficient (Wildman–Crippen LogP) is 2.58. The van der Waals surface area contributed by atoms with Crippen LogP contribution in [0.25, 0.3) is 0 Å². The topological polar surface area (TPSA) is 9.23 Å². The minimum atomic E-state index is -0.0197. The van der Waals surface area contributed by atoms with E-state index >= 15 is 0 Å². The van der Waals surface area contributed by atoms with Gasteiger partial charge in [0.25, 0.3) is 0 Å². The highest BCUT2D eigenvalue weighted by Gasteiger charge is 2.17. The molecule has 0 spiro atoms. The maximum absolute atomic E-state index is 5.54. The lowest BCUT2D eigenvalue weighted by Gasteiger charge is -2.25. The van der Waals surface area contributed by atoms with Crippen LogP contribution in [-0.2, 0) is 4.74 Å². The van der Waals surface area contributed by atoms with Crippen LogP contribution < -0.4 is 0 Å². The number of ether oxygens (including phenoxy) is 1. The molecule has 0 rings (SSSR count). The molecule has 9 heavy (non-hydrogen) atoms. The Balaban J connectivity index is 3.58. The second-order valence-corrected chi connectivity index (χ2v) is 3.62. The zero-order valence-electron chi connectivity index (χ0n) is 6.57. The van der Waals surface area contributed by atoms with Crippen molar-refractivity contribution in [1.82, 2.24) is 0 Å². The van der Waals surface area contributed by atoms with E-state index < -0.39 is 0 Å². The van der Waals surface area contributed by atoms with Crippen molar-refractivity contribution in [3.8, 4) is 0 Å². The van der Waals surface area contributed by atoms with Crippen LogP contribution in [0.15, 0.2) is 0 Å². The van der Waals surface area contributed by atoms with Gasteiger partial charge in [-0.1, -0.05) is 15.9 Å². The highest BCUT2D eigenvalue weighted by Crippen LogP contribution is 2.14. The molecule has 0 aromatic rings. The van der Waals surface area contributed by atoms with Crippen molar-refractivity contribution in [3.05, 3.63) is 0 Å². The standard InChI is InChI=1S/C7H15BrO/c1-6(2)9-7(3,4)5-8/h6H,5H2,1-4H3. The van der Waals surface area contributed by atoms with Crippen LogP contribution in [0, 0.1) is 0 Å². The molecular formula is C7H15BrO. The third-order valence-electron chi connectivity index (χ3n) is 0.877. The summed E-state index contributed by atoms with van der Waals surface area (Å²) < 4.78 is 5.54. The third kappa shape index (κ3) is 4.91. The molecule has 1 nitrogen and oxygen atoms in total. The summed E-state index contributed by atoms with van der Waals surface area (Å²) in [6.45, 7) is 8.23. The minimum absolute atomic E-state index is 0.0197. The summed E-state index contributed by atoms with van der Waals surface area (Å²) in [6, 6.07) is 0. The number of rotatable bonds is 3. The average molecular weight is 195 g/mol. The normalized spacial score (nSPS) is 12.7. The Morgan fingerprint density at radius 2 is 1.89 bits per heavy atom. The van der Waals surface area contributed by atoms with Crippen LogP contribution in [0.3, 0.4) is 0 Å². The molecule has 0 fully saturated rings. The van der Waals surface area contributed by atoms with Gasteiger partial charge in [0.05, 0.1) is 11.7 Å². The van der Waals surface area contributed by atoms with Crippen molar-refractivity contribution < 1.29 is 4.74 Å². The Morgan fingerprint density at radius 1 is 1.44 bits per heavy atom. The van der Waals surface area contributed by atoms with E-state index in [2.05, 4.69) is 29.8 Å². The molecule has 0 N–H and O–H groups in total. The molecule has 0 aromatic heterocycles. The SMILES string of the molecule is CC(C)OC(C)(C)CBr. The molecule has 56 valence electrons. The summed E-state index contributed by atoms with van der Waals surface area (Å²) in [5.74, 6) is 0. The molecule has 0 aromatic carbocycles. The monoisotopic (exact) mass is 194 g/mol. The van der Waals surface area contributed by atoms with Crippen LogP contribution in [-0.4, -0.2) is 17.0 Å². The maximum atomic E-state index is 5.54. The van der Waals surface area contributed by atoms with Gasteiger partial charge in [-0.3, -0.25) is 0 Å². The van der Waals surface area contributed by atoms with E-state index in [1.807, 2.05) is 13.8 Å². The lowest BCUT2D eigenvalue weighted by molar-refractivity contribution is -0.0383. The van der Waals surface area contributed by atoms with Gasteiger partial charge in [-0.2, -0.15) is 0 Å². The second-order valence-electron chi connectivity index (χ2n) is 3.06. The van der Waals surface area contributed by atoms with Gasteiger partial charge in [0.15, 0.2) is 0 Å².